The monoisotopic (exact) mass is 266 g/mol. The van der Waals surface area contributed by atoms with E-state index in [1.54, 1.807) is 4.68 Å². The zero-order valence-electron chi connectivity index (χ0n) is 8.31. The molecule has 3 nitrogen and oxygen atoms in total. The van der Waals surface area contributed by atoms with Gasteiger partial charge in [-0.15, -0.1) is 0 Å². The molecule has 0 spiro atoms. The van der Waals surface area contributed by atoms with Crippen LogP contribution < -0.4 is 0 Å². The van der Waals surface area contributed by atoms with Gasteiger partial charge in [0, 0.05) is 10.7 Å². The van der Waals surface area contributed by atoms with Gasteiger partial charge in [0.2, 0.25) is 0 Å². The van der Waals surface area contributed by atoms with Gasteiger partial charge in [-0.05, 0) is 36.8 Å². The Morgan fingerprint density at radius 2 is 2.20 bits per heavy atom. The molecule has 1 aromatic heterocycles. The van der Waals surface area contributed by atoms with Crippen LogP contribution in [0.15, 0.2) is 34.9 Å². The summed E-state index contributed by atoms with van der Waals surface area (Å²) in [6.45, 7) is 2.00. The average Bonchev–Trinajstić information content (AvgIpc) is 2.66. The highest BCUT2D eigenvalue weighted by Crippen LogP contribution is 2.18. The van der Waals surface area contributed by atoms with E-state index in [9.17, 15) is 0 Å². The summed E-state index contributed by atoms with van der Waals surface area (Å²) in [5.41, 5.74) is 2.84. The van der Waals surface area contributed by atoms with Gasteiger partial charge in [-0.1, -0.05) is 15.9 Å². The summed E-state index contributed by atoms with van der Waals surface area (Å²) in [6, 6.07) is 7.81. The molecule has 0 atom stereocenters. The highest BCUT2D eigenvalue weighted by molar-refractivity contribution is 9.10. The minimum absolute atomic E-state index is 0.0252. The van der Waals surface area contributed by atoms with Crippen molar-refractivity contribution in [1.29, 1.82) is 0 Å². The Balaban J connectivity index is 2.44. The Kier molecular flexibility index (Phi) is 2.88. The maximum Gasteiger partial charge on any atom is 0.0883 e. The van der Waals surface area contributed by atoms with Gasteiger partial charge in [-0.3, -0.25) is 0 Å². The molecule has 0 amide bonds. The van der Waals surface area contributed by atoms with Crippen LogP contribution >= 0.6 is 15.9 Å². The van der Waals surface area contributed by atoms with Gasteiger partial charge in [0.1, 0.15) is 0 Å². The lowest BCUT2D eigenvalue weighted by atomic mass is 10.2. The fraction of sp³-hybridized carbons (Fsp3) is 0.182. The SMILES string of the molecule is Cc1cc(Br)ccc1-n1ccc(CO)n1. The first-order valence-electron chi connectivity index (χ1n) is 4.62. The van der Waals surface area contributed by atoms with E-state index in [2.05, 4.69) is 21.0 Å². The van der Waals surface area contributed by atoms with Gasteiger partial charge in [0.15, 0.2) is 0 Å². The van der Waals surface area contributed by atoms with Crippen molar-refractivity contribution < 1.29 is 5.11 Å². The van der Waals surface area contributed by atoms with Crippen molar-refractivity contribution >= 4 is 15.9 Å². The summed E-state index contributed by atoms with van der Waals surface area (Å²) >= 11 is 3.42. The van der Waals surface area contributed by atoms with Crippen LogP contribution in [0.4, 0.5) is 0 Å². The van der Waals surface area contributed by atoms with Crippen LogP contribution in [-0.2, 0) is 6.61 Å². The number of hydrogen-bond donors (Lipinski definition) is 1. The van der Waals surface area contributed by atoms with E-state index >= 15 is 0 Å². The van der Waals surface area contributed by atoms with E-state index in [1.165, 1.54) is 0 Å². The number of aliphatic hydroxyl groups excluding tert-OH is 1. The molecule has 1 heterocycles. The Hall–Kier alpha value is -1.13. The maximum absolute atomic E-state index is 8.93. The van der Waals surface area contributed by atoms with Crippen LogP contribution in [0, 0.1) is 6.92 Å². The molecule has 2 aromatic rings. The predicted octanol–water partition coefficient (Wildman–Crippen LogP) is 2.44. The summed E-state index contributed by atoms with van der Waals surface area (Å²) in [4.78, 5) is 0. The first kappa shape index (κ1) is 10.4. The summed E-state index contributed by atoms with van der Waals surface area (Å²) < 4.78 is 2.83. The quantitative estimate of drug-likeness (QED) is 0.907. The average molecular weight is 267 g/mol. The minimum atomic E-state index is -0.0252. The summed E-state index contributed by atoms with van der Waals surface area (Å²) in [5, 5.41) is 13.2. The van der Waals surface area contributed by atoms with Crippen molar-refractivity contribution in [3.8, 4) is 5.69 Å². The second-order valence-corrected chi connectivity index (χ2v) is 4.26. The molecule has 15 heavy (non-hydrogen) atoms. The summed E-state index contributed by atoms with van der Waals surface area (Å²) in [5.74, 6) is 0. The number of aliphatic hydroxyl groups is 1. The summed E-state index contributed by atoms with van der Waals surface area (Å²) in [6.07, 6.45) is 1.85. The van der Waals surface area contributed by atoms with Gasteiger partial charge in [-0.25, -0.2) is 4.68 Å². The maximum atomic E-state index is 8.93. The molecule has 1 aromatic carbocycles. The van der Waals surface area contributed by atoms with Crippen LogP contribution in [0.3, 0.4) is 0 Å². The lowest BCUT2D eigenvalue weighted by Gasteiger charge is -2.05. The lowest BCUT2D eigenvalue weighted by molar-refractivity contribution is 0.276. The second kappa shape index (κ2) is 4.16. The molecule has 4 heteroatoms. The van der Waals surface area contributed by atoms with Gasteiger partial charge in [-0.2, -0.15) is 5.10 Å². The molecule has 0 radical (unpaired) electrons. The fourth-order valence-corrected chi connectivity index (χ4v) is 1.93. The molecule has 0 fully saturated rings. The summed E-state index contributed by atoms with van der Waals surface area (Å²) in [7, 11) is 0. The topological polar surface area (TPSA) is 38.0 Å². The van der Waals surface area contributed by atoms with Crippen molar-refractivity contribution in [2.45, 2.75) is 13.5 Å². The number of benzene rings is 1. The van der Waals surface area contributed by atoms with Gasteiger partial charge < -0.3 is 5.11 Å². The van der Waals surface area contributed by atoms with Crippen molar-refractivity contribution in [1.82, 2.24) is 9.78 Å². The fourth-order valence-electron chi connectivity index (χ4n) is 1.46. The third kappa shape index (κ3) is 2.11. The van der Waals surface area contributed by atoms with Crippen LogP contribution in [0.1, 0.15) is 11.3 Å². The smallest absolute Gasteiger partial charge is 0.0883 e. The zero-order chi connectivity index (χ0) is 10.8. The van der Waals surface area contributed by atoms with E-state index in [0.717, 1.165) is 15.7 Å². The van der Waals surface area contributed by atoms with Crippen LogP contribution in [0.5, 0.6) is 0 Å². The molecule has 0 saturated heterocycles. The van der Waals surface area contributed by atoms with E-state index in [0.29, 0.717) is 5.69 Å². The molecule has 78 valence electrons. The van der Waals surface area contributed by atoms with Crippen molar-refractivity contribution in [2.75, 3.05) is 0 Å². The van der Waals surface area contributed by atoms with Crippen molar-refractivity contribution in [2.24, 2.45) is 0 Å². The number of halogens is 1. The highest BCUT2D eigenvalue weighted by atomic mass is 79.9. The van der Waals surface area contributed by atoms with Crippen molar-refractivity contribution in [3.63, 3.8) is 0 Å². The van der Waals surface area contributed by atoms with E-state index < -0.39 is 0 Å². The Labute approximate surface area is 96.5 Å². The molecule has 0 aliphatic carbocycles. The third-order valence-corrected chi connectivity index (χ3v) is 2.71. The van der Waals surface area contributed by atoms with Gasteiger partial charge in [0.05, 0.1) is 18.0 Å². The molecular formula is C11H11BrN2O. The van der Waals surface area contributed by atoms with E-state index in [1.807, 2.05) is 37.4 Å². The normalized spacial score (nSPS) is 10.6. The first-order chi connectivity index (χ1) is 7.20. The highest BCUT2D eigenvalue weighted by Gasteiger charge is 2.03. The molecule has 0 unspecified atom stereocenters. The number of hydrogen-bond acceptors (Lipinski definition) is 2. The Morgan fingerprint density at radius 1 is 1.40 bits per heavy atom. The Bertz CT molecular complexity index is 479. The van der Waals surface area contributed by atoms with E-state index in [4.69, 9.17) is 5.11 Å². The predicted molar refractivity (Wildman–Crippen MR) is 61.9 cm³/mol. The lowest BCUT2D eigenvalue weighted by Crippen LogP contribution is -1.98. The second-order valence-electron chi connectivity index (χ2n) is 3.34. The third-order valence-electron chi connectivity index (χ3n) is 2.21. The number of aryl methyl sites for hydroxylation is 1. The minimum Gasteiger partial charge on any atom is -0.390 e. The van der Waals surface area contributed by atoms with Gasteiger partial charge >= 0.3 is 0 Å². The number of aromatic nitrogens is 2. The molecule has 0 aliphatic heterocycles. The number of rotatable bonds is 2. The van der Waals surface area contributed by atoms with Crippen LogP contribution in [-0.4, -0.2) is 14.9 Å². The van der Waals surface area contributed by atoms with Crippen LogP contribution in [0.2, 0.25) is 0 Å². The van der Waals surface area contributed by atoms with Crippen LogP contribution in [0.25, 0.3) is 5.69 Å². The Morgan fingerprint density at radius 3 is 2.80 bits per heavy atom. The molecule has 0 saturated carbocycles. The largest absolute Gasteiger partial charge is 0.390 e. The standard InChI is InChI=1S/C11H11BrN2O/c1-8-6-9(12)2-3-11(8)14-5-4-10(7-15)13-14/h2-6,15H,7H2,1H3. The molecule has 0 bridgehead atoms. The van der Waals surface area contributed by atoms with Crippen molar-refractivity contribution in [3.05, 3.63) is 46.2 Å². The molecule has 1 N–H and O–H groups in total. The molecular weight excluding hydrogens is 256 g/mol. The first-order valence-corrected chi connectivity index (χ1v) is 5.42. The number of nitrogens with zero attached hydrogens (tertiary/aromatic N) is 2. The molecule has 0 aliphatic rings. The van der Waals surface area contributed by atoms with Gasteiger partial charge in [0.25, 0.3) is 0 Å². The van der Waals surface area contributed by atoms with E-state index in [-0.39, 0.29) is 6.61 Å². The zero-order valence-corrected chi connectivity index (χ0v) is 9.90. The molecule has 2 rings (SSSR count).